The van der Waals surface area contributed by atoms with E-state index in [0.717, 1.165) is 25.3 Å². The lowest BCUT2D eigenvalue weighted by Gasteiger charge is -2.38. The van der Waals surface area contributed by atoms with Crippen LogP contribution < -0.4 is 10.6 Å². The van der Waals surface area contributed by atoms with Crippen LogP contribution in [0.5, 0.6) is 0 Å². The summed E-state index contributed by atoms with van der Waals surface area (Å²) in [6, 6.07) is -0.0442. The fourth-order valence-corrected chi connectivity index (χ4v) is 5.24. The Morgan fingerprint density at radius 2 is 1.28 bits per heavy atom. The number of aliphatic carboxylic acids is 2. The van der Waals surface area contributed by atoms with E-state index in [1.807, 2.05) is 0 Å². The van der Waals surface area contributed by atoms with Gasteiger partial charge >= 0.3 is 11.9 Å². The van der Waals surface area contributed by atoms with E-state index in [-0.39, 0.29) is 12.1 Å². The topological polar surface area (TPSA) is 98.7 Å². The summed E-state index contributed by atoms with van der Waals surface area (Å²) in [5.41, 5.74) is 0. The van der Waals surface area contributed by atoms with Gasteiger partial charge in [0.2, 0.25) is 0 Å². The molecule has 4 rings (SSSR count). The maximum atomic E-state index is 10.8. The smallest absolute Gasteiger partial charge is 0.320 e. The summed E-state index contributed by atoms with van der Waals surface area (Å²) in [6.07, 6.45) is 11.8. The van der Waals surface area contributed by atoms with E-state index in [0.29, 0.717) is 17.9 Å². The van der Waals surface area contributed by atoms with Gasteiger partial charge in [0.15, 0.2) is 0 Å². The Morgan fingerprint density at radius 3 is 1.92 bits per heavy atom. The molecule has 0 bridgehead atoms. The first-order chi connectivity index (χ1) is 12.0. The van der Waals surface area contributed by atoms with E-state index >= 15 is 0 Å². The highest BCUT2D eigenvalue weighted by Gasteiger charge is 2.38. The molecule has 0 amide bonds. The number of hydrogen-bond acceptors (Lipinski definition) is 4. The van der Waals surface area contributed by atoms with E-state index in [2.05, 4.69) is 10.6 Å². The maximum Gasteiger partial charge on any atom is 0.320 e. The molecule has 2 heterocycles. The lowest BCUT2D eigenvalue weighted by Crippen LogP contribution is -2.48. The molecule has 6 nitrogen and oxygen atoms in total. The van der Waals surface area contributed by atoms with Gasteiger partial charge in [0.05, 0.1) is 0 Å². The Balaban J connectivity index is 0.000000146. The Kier molecular flexibility index (Phi) is 6.34. The predicted octanol–water partition coefficient (Wildman–Crippen LogP) is 2.23. The predicted molar refractivity (Wildman–Crippen MR) is 94.4 cm³/mol. The molecule has 4 fully saturated rings. The van der Waals surface area contributed by atoms with Crippen molar-refractivity contribution in [3.8, 4) is 0 Å². The molecule has 4 aliphatic rings. The molecule has 142 valence electrons. The number of carboxylic acid groups (broad SMARTS) is 2. The van der Waals surface area contributed by atoms with Gasteiger partial charge in [-0.15, -0.1) is 0 Å². The van der Waals surface area contributed by atoms with Crippen molar-refractivity contribution in [2.75, 3.05) is 6.54 Å². The highest BCUT2D eigenvalue weighted by atomic mass is 16.4. The van der Waals surface area contributed by atoms with Crippen molar-refractivity contribution < 1.29 is 19.8 Å². The summed E-state index contributed by atoms with van der Waals surface area (Å²) in [5, 5.41) is 24.0. The van der Waals surface area contributed by atoms with Crippen LogP contribution in [0.25, 0.3) is 0 Å². The molecular formula is C19H32N2O4. The van der Waals surface area contributed by atoms with Gasteiger partial charge in [0.25, 0.3) is 0 Å². The Morgan fingerprint density at radius 1 is 0.720 bits per heavy atom. The van der Waals surface area contributed by atoms with E-state index in [9.17, 15) is 9.59 Å². The Bertz CT molecular complexity index is 470. The Hall–Kier alpha value is -1.14. The summed E-state index contributed by atoms with van der Waals surface area (Å²) in [4.78, 5) is 21.4. The van der Waals surface area contributed by atoms with Gasteiger partial charge in [-0.3, -0.25) is 9.59 Å². The minimum atomic E-state index is -0.677. The van der Waals surface area contributed by atoms with Crippen LogP contribution in [-0.2, 0) is 9.59 Å². The molecule has 0 spiro atoms. The second-order valence-electron chi connectivity index (χ2n) is 8.28. The zero-order chi connectivity index (χ0) is 17.8. The largest absolute Gasteiger partial charge is 0.480 e. The van der Waals surface area contributed by atoms with Crippen molar-refractivity contribution >= 4 is 11.9 Å². The number of nitrogens with one attached hydrogen (secondary N) is 2. The van der Waals surface area contributed by atoms with Gasteiger partial charge in [-0.1, -0.05) is 32.1 Å². The number of hydrogen-bond donors (Lipinski definition) is 4. The molecule has 0 radical (unpaired) electrons. The summed E-state index contributed by atoms with van der Waals surface area (Å²) in [7, 11) is 0. The normalized spacial score (nSPS) is 40.2. The minimum absolute atomic E-state index is 0.266. The minimum Gasteiger partial charge on any atom is -0.480 e. The van der Waals surface area contributed by atoms with E-state index < -0.39 is 11.9 Å². The maximum absolute atomic E-state index is 10.8. The zero-order valence-corrected chi connectivity index (χ0v) is 15.0. The fourth-order valence-electron chi connectivity index (χ4n) is 5.24. The van der Waals surface area contributed by atoms with Crippen LogP contribution in [0.3, 0.4) is 0 Å². The molecule has 0 aromatic carbocycles. The molecule has 6 atom stereocenters. The summed E-state index contributed by atoms with van der Waals surface area (Å²) < 4.78 is 0. The fraction of sp³-hybridized carbons (Fsp3) is 0.895. The van der Waals surface area contributed by atoms with Crippen LogP contribution in [0.15, 0.2) is 0 Å². The van der Waals surface area contributed by atoms with Crippen molar-refractivity contribution in [3.63, 3.8) is 0 Å². The number of carboxylic acids is 2. The lowest BCUT2D eigenvalue weighted by molar-refractivity contribution is -0.141. The highest BCUT2D eigenvalue weighted by molar-refractivity contribution is 5.74. The van der Waals surface area contributed by atoms with E-state index in [1.54, 1.807) is 0 Å². The third kappa shape index (κ3) is 4.73. The molecule has 0 aromatic rings. The summed E-state index contributed by atoms with van der Waals surface area (Å²) in [5.74, 6) is 0.716. The SMILES string of the molecule is O=C(O)C1CC2CCCCC2CN1.O=C(O)C1CC2CCCCC2N1. The second kappa shape index (κ2) is 8.49. The molecule has 6 unspecified atom stereocenters. The van der Waals surface area contributed by atoms with Gasteiger partial charge in [-0.05, 0) is 56.4 Å². The standard InChI is InChI=1S/C10H17NO2.C9H15NO2/c12-10(13)9-5-7-3-1-2-4-8(7)6-11-9;11-9(12)8-5-6-3-1-2-4-7(6)10-8/h7-9,11H,1-6H2,(H,12,13);6-8,10H,1-5H2,(H,11,12). The monoisotopic (exact) mass is 352 g/mol. The van der Waals surface area contributed by atoms with E-state index in [4.69, 9.17) is 10.2 Å². The molecular weight excluding hydrogens is 320 g/mol. The molecule has 4 N–H and O–H groups in total. The Labute approximate surface area is 149 Å². The number of fused-ring (bicyclic) bond motifs is 2. The van der Waals surface area contributed by atoms with Crippen molar-refractivity contribution in [2.24, 2.45) is 17.8 Å². The van der Waals surface area contributed by atoms with Gasteiger partial charge in [-0.25, -0.2) is 0 Å². The summed E-state index contributed by atoms with van der Waals surface area (Å²) in [6.45, 7) is 0.918. The second-order valence-corrected chi connectivity index (χ2v) is 8.28. The molecule has 2 aliphatic carbocycles. The molecule has 2 saturated heterocycles. The lowest BCUT2D eigenvalue weighted by atomic mass is 9.74. The average molecular weight is 352 g/mol. The van der Waals surface area contributed by atoms with Crippen LogP contribution in [0.4, 0.5) is 0 Å². The third-order valence-corrected chi connectivity index (χ3v) is 6.69. The van der Waals surface area contributed by atoms with Gasteiger partial charge in [0.1, 0.15) is 12.1 Å². The number of rotatable bonds is 2. The zero-order valence-electron chi connectivity index (χ0n) is 15.0. The quantitative estimate of drug-likeness (QED) is 0.608. The van der Waals surface area contributed by atoms with Crippen LogP contribution >= 0.6 is 0 Å². The van der Waals surface area contributed by atoms with E-state index in [1.165, 1.54) is 51.4 Å². The van der Waals surface area contributed by atoms with Crippen LogP contribution in [0, 0.1) is 17.8 Å². The van der Waals surface area contributed by atoms with Gasteiger partial charge in [0, 0.05) is 6.04 Å². The molecule has 2 saturated carbocycles. The van der Waals surface area contributed by atoms with Crippen molar-refractivity contribution in [2.45, 2.75) is 82.3 Å². The first kappa shape index (κ1) is 18.6. The molecule has 25 heavy (non-hydrogen) atoms. The van der Waals surface area contributed by atoms with Crippen molar-refractivity contribution in [1.82, 2.24) is 10.6 Å². The number of piperidine rings is 1. The van der Waals surface area contributed by atoms with Crippen molar-refractivity contribution in [1.29, 1.82) is 0 Å². The highest BCUT2D eigenvalue weighted by Crippen LogP contribution is 2.35. The molecule has 6 heteroatoms. The summed E-state index contributed by atoms with van der Waals surface area (Å²) >= 11 is 0. The molecule has 0 aromatic heterocycles. The molecule has 2 aliphatic heterocycles. The van der Waals surface area contributed by atoms with Gasteiger partial charge in [-0.2, -0.15) is 0 Å². The number of carbonyl (C=O) groups is 2. The van der Waals surface area contributed by atoms with Crippen LogP contribution in [0.1, 0.15) is 64.2 Å². The first-order valence-electron chi connectivity index (χ1n) is 9.99. The third-order valence-electron chi connectivity index (χ3n) is 6.69. The van der Waals surface area contributed by atoms with Crippen LogP contribution in [0.2, 0.25) is 0 Å². The van der Waals surface area contributed by atoms with Crippen molar-refractivity contribution in [3.05, 3.63) is 0 Å². The van der Waals surface area contributed by atoms with Gasteiger partial charge < -0.3 is 20.8 Å². The average Bonchev–Trinajstić information content (AvgIpc) is 3.06. The van der Waals surface area contributed by atoms with Crippen LogP contribution in [-0.4, -0.2) is 46.8 Å². The first-order valence-corrected chi connectivity index (χ1v) is 9.99.